The van der Waals surface area contributed by atoms with Crippen molar-refractivity contribution < 1.29 is 0 Å². The van der Waals surface area contributed by atoms with E-state index in [0.717, 1.165) is 15.7 Å². The highest BCUT2D eigenvalue weighted by molar-refractivity contribution is 9.10. The molecule has 0 radical (unpaired) electrons. The number of halogens is 2. The van der Waals surface area contributed by atoms with Crippen LogP contribution in [0.2, 0.25) is 5.02 Å². The van der Waals surface area contributed by atoms with Crippen LogP contribution in [0.5, 0.6) is 0 Å². The maximum absolute atomic E-state index is 6.02. The molecule has 17 heavy (non-hydrogen) atoms. The van der Waals surface area contributed by atoms with Gasteiger partial charge in [0.2, 0.25) is 0 Å². The molecule has 3 nitrogen and oxygen atoms in total. The molecule has 1 aromatic carbocycles. The van der Waals surface area contributed by atoms with Crippen LogP contribution in [0.25, 0.3) is 0 Å². The molecule has 0 aliphatic heterocycles. The van der Waals surface area contributed by atoms with E-state index >= 15 is 0 Å². The molecule has 1 aromatic heterocycles. The molecule has 0 bridgehead atoms. The van der Waals surface area contributed by atoms with Crippen LogP contribution in [0, 0.1) is 0 Å². The predicted molar refractivity (Wildman–Crippen MR) is 72.1 cm³/mol. The Kier molecular flexibility index (Phi) is 4.10. The lowest BCUT2D eigenvalue weighted by atomic mass is 10.0. The standard InChI is InChI=1S/C12H11BrClN3/c1-15-12(11-7-16-4-5-17-11)9-6-8(14)2-3-10(9)13/h2-7,12,15H,1H3. The van der Waals surface area contributed by atoms with Gasteiger partial charge in [0.15, 0.2) is 0 Å². The molecule has 0 aliphatic rings. The zero-order valence-electron chi connectivity index (χ0n) is 9.19. The minimum absolute atomic E-state index is 0.0308. The number of hydrogen-bond donors (Lipinski definition) is 1. The fraction of sp³-hybridized carbons (Fsp3) is 0.167. The minimum Gasteiger partial charge on any atom is -0.308 e. The summed E-state index contributed by atoms with van der Waals surface area (Å²) in [5, 5.41) is 3.91. The van der Waals surface area contributed by atoms with E-state index < -0.39 is 0 Å². The van der Waals surface area contributed by atoms with Crippen molar-refractivity contribution in [2.75, 3.05) is 7.05 Å². The Hall–Kier alpha value is -0.970. The first-order chi connectivity index (χ1) is 8.22. The Morgan fingerprint density at radius 1 is 1.35 bits per heavy atom. The maximum Gasteiger partial charge on any atom is 0.0801 e. The first-order valence-corrected chi connectivity index (χ1v) is 6.27. The van der Waals surface area contributed by atoms with Crippen molar-refractivity contribution in [3.8, 4) is 0 Å². The molecule has 1 unspecified atom stereocenters. The van der Waals surface area contributed by atoms with Crippen LogP contribution in [-0.4, -0.2) is 17.0 Å². The average Bonchev–Trinajstić information content (AvgIpc) is 2.36. The van der Waals surface area contributed by atoms with Crippen molar-refractivity contribution in [1.82, 2.24) is 15.3 Å². The van der Waals surface area contributed by atoms with Crippen molar-refractivity contribution in [2.24, 2.45) is 0 Å². The van der Waals surface area contributed by atoms with E-state index in [2.05, 4.69) is 31.2 Å². The topological polar surface area (TPSA) is 37.8 Å². The SMILES string of the molecule is CNC(c1cnccn1)c1cc(Cl)ccc1Br. The van der Waals surface area contributed by atoms with Crippen LogP contribution in [-0.2, 0) is 0 Å². The van der Waals surface area contributed by atoms with Crippen LogP contribution in [0.1, 0.15) is 17.3 Å². The van der Waals surface area contributed by atoms with E-state index in [0.29, 0.717) is 5.02 Å². The summed E-state index contributed by atoms with van der Waals surface area (Å²) < 4.78 is 0.993. The Morgan fingerprint density at radius 2 is 2.18 bits per heavy atom. The molecular formula is C12H11BrClN3. The lowest BCUT2D eigenvalue weighted by Gasteiger charge is -2.17. The number of benzene rings is 1. The number of rotatable bonds is 3. The summed E-state index contributed by atoms with van der Waals surface area (Å²) >= 11 is 9.54. The second-order valence-corrected chi connectivity index (χ2v) is 4.81. The number of hydrogen-bond acceptors (Lipinski definition) is 3. The monoisotopic (exact) mass is 311 g/mol. The molecule has 1 heterocycles. The Balaban J connectivity index is 2.46. The largest absolute Gasteiger partial charge is 0.308 e. The minimum atomic E-state index is -0.0308. The van der Waals surface area contributed by atoms with Gasteiger partial charge in [-0.2, -0.15) is 0 Å². The summed E-state index contributed by atoms with van der Waals surface area (Å²) in [5.74, 6) is 0. The molecule has 0 saturated carbocycles. The third-order valence-corrected chi connectivity index (χ3v) is 3.39. The molecular weight excluding hydrogens is 302 g/mol. The summed E-state index contributed by atoms with van der Waals surface area (Å²) in [6.45, 7) is 0. The van der Waals surface area contributed by atoms with Crippen LogP contribution < -0.4 is 5.32 Å². The molecule has 1 atom stereocenters. The van der Waals surface area contributed by atoms with Crippen LogP contribution in [0.3, 0.4) is 0 Å². The van der Waals surface area contributed by atoms with Crippen molar-refractivity contribution in [3.05, 3.63) is 57.5 Å². The molecule has 2 aromatic rings. The Bertz CT molecular complexity index is 504. The highest BCUT2D eigenvalue weighted by atomic mass is 79.9. The number of nitrogens with one attached hydrogen (secondary N) is 1. The number of aromatic nitrogens is 2. The van der Waals surface area contributed by atoms with Crippen LogP contribution >= 0.6 is 27.5 Å². The second-order valence-electron chi connectivity index (χ2n) is 3.52. The van der Waals surface area contributed by atoms with E-state index in [1.165, 1.54) is 0 Å². The quantitative estimate of drug-likeness (QED) is 0.946. The molecule has 0 amide bonds. The second kappa shape index (κ2) is 5.58. The first kappa shape index (κ1) is 12.5. The van der Waals surface area contributed by atoms with Gasteiger partial charge in [-0.3, -0.25) is 9.97 Å². The molecule has 2 rings (SSSR count). The normalized spacial score (nSPS) is 12.4. The molecule has 0 aliphatic carbocycles. The lowest BCUT2D eigenvalue weighted by molar-refractivity contribution is 0.664. The zero-order valence-corrected chi connectivity index (χ0v) is 11.5. The highest BCUT2D eigenvalue weighted by Crippen LogP contribution is 2.29. The summed E-state index contributed by atoms with van der Waals surface area (Å²) in [6.07, 6.45) is 5.08. The average molecular weight is 313 g/mol. The van der Waals surface area contributed by atoms with Crippen LogP contribution in [0.4, 0.5) is 0 Å². The maximum atomic E-state index is 6.02. The van der Waals surface area contributed by atoms with Gasteiger partial charge in [-0.25, -0.2) is 0 Å². The fourth-order valence-electron chi connectivity index (χ4n) is 1.66. The van der Waals surface area contributed by atoms with Gasteiger partial charge in [0.25, 0.3) is 0 Å². The molecule has 5 heteroatoms. The van der Waals surface area contributed by atoms with Gasteiger partial charge in [-0.05, 0) is 30.8 Å². The summed E-state index contributed by atoms with van der Waals surface area (Å²) in [4.78, 5) is 8.39. The fourth-order valence-corrected chi connectivity index (χ4v) is 2.31. The van der Waals surface area contributed by atoms with Crippen molar-refractivity contribution in [3.63, 3.8) is 0 Å². The Morgan fingerprint density at radius 3 is 2.82 bits per heavy atom. The Labute approximate surface area is 113 Å². The van der Waals surface area contributed by atoms with Gasteiger partial charge in [-0.15, -0.1) is 0 Å². The number of nitrogens with zero attached hydrogens (tertiary/aromatic N) is 2. The van der Waals surface area contributed by atoms with E-state index in [9.17, 15) is 0 Å². The van der Waals surface area contributed by atoms with Crippen LogP contribution in [0.15, 0.2) is 41.3 Å². The zero-order chi connectivity index (χ0) is 12.3. The third kappa shape index (κ3) is 2.83. The van der Waals surface area contributed by atoms with Gasteiger partial charge in [0, 0.05) is 21.9 Å². The van der Waals surface area contributed by atoms with E-state index in [4.69, 9.17) is 11.6 Å². The van der Waals surface area contributed by atoms with Crippen molar-refractivity contribution in [2.45, 2.75) is 6.04 Å². The summed E-state index contributed by atoms with van der Waals surface area (Å²) in [7, 11) is 1.88. The van der Waals surface area contributed by atoms with E-state index in [1.54, 1.807) is 18.6 Å². The van der Waals surface area contributed by atoms with Gasteiger partial charge in [0.05, 0.1) is 17.9 Å². The van der Waals surface area contributed by atoms with Crippen molar-refractivity contribution >= 4 is 27.5 Å². The van der Waals surface area contributed by atoms with E-state index in [-0.39, 0.29) is 6.04 Å². The van der Waals surface area contributed by atoms with Crippen molar-refractivity contribution in [1.29, 1.82) is 0 Å². The lowest BCUT2D eigenvalue weighted by Crippen LogP contribution is -2.19. The molecule has 88 valence electrons. The van der Waals surface area contributed by atoms with Gasteiger partial charge >= 0.3 is 0 Å². The molecule has 0 spiro atoms. The van der Waals surface area contributed by atoms with Gasteiger partial charge in [-0.1, -0.05) is 27.5 Å². The molecule has 0 fully saturated rings. The van der Waals surface area contributed by atoms with Gasteiger partial charge < -0.3 is 5.32 Å². The third-order valence-electron chi connectivity index (χ3n) is 2.44. The van der Waals surface area contributed by atoms with Gasteiger partial charge in [0.1, 0.15) is 0 Å². The molecule has 1 N–H and O–H groups in total. The highest BCUT2D eigenvalue weighted by Gasteiger charge is 2.16. The predicted octanol–water partition coefficient (Wildman–Crippen LogP) is 3.20. The smallest absolute Gasteiger partial charge is 0.0801 e. The summed E-state index contributed by atoms with van der Waals surface area (Å²) in [6, 6.07) is 5.66. The molecule has 0 saturated heterocycles. The van der Waals surface area contributed by atoms with E-state index in [1.807, 2.05) is 25.2 Å². The summed E-state index contributed by atoms with van der Waals surface area (Å²) in [5.41, 5.74) is 1.90. The first-order valence-electron chi connectivity index (χ1n) is 5.10.